The van der Waals surface area contributed by atoms with Crippen molar-refractivity contribution in [1.82, 2.24) is 5.32 Å². The van der Waals surface area contributed by atoms with Crippen LogP contribution < -0.4 is 5.32 Å². The minimum absolute atomic E-state index is 0.285. The van der Waals surface area contributed by atoms with Crippen molar-refractivity contribution in [3.63, 3.8) is 0 Å². The van der Waals surface area contributed by atoms with E-state index in [4.69, 9.17) is 11.6 Å². The van der Waals surface area contributed by atoms with Crippen molar-refractivity contribution in [3.05, 3.63) is 33.3 Å². The minimum Gasteiger partial charge on any atom is -0.308 e. The molecule has 0 saturated heterocycles. The van der Waals surface area contributed by atoms with Crippen molar-refractivity contribution in [2.45, 2.75) is 52.6 Å². The summed E-state index contributed by atoms with van der Waals surface area (Å²) in [5, 5.41) is 4.43. The van der Waals surface area contributed by atoms with Gasteiger partial charge in [-0.3, -0.25) is 0 Å². The van der Waals surface area contributed by atoms with Gasteiger partial charge < -0.3 is 5.32 Å². The topological polar surface area (TPSA) is 12.0 Å². The molecule has 2 unspecified atom stereocenters. The fourth-order valence-electron chi connectivity index (χ4n) is 2.04. The molecule has 1 aromatic rings. The summed E-state index contributed by atoms with van der Waals surface area (Å²) in [6.45, 7) is 8.94. The minimum atomic E-state index is 0.285. The molecule has 0 amide bonds. The Morgan fingerprint density at radius 3 is 2.39 bits per heavy atom. The Morgan fingerprint density at radius 1 is 1.17 bits per heavy atom. The maximum Gasteiger partial charge on any atom is 0.0464 e. The third-order valence-corrected chi connectivity index (χ3v) is 3.96. The number of hydrogen-bond acceptors (Lipinski definition) is 1. The molecule has 1 nitrogen and oxygen atoms in total. The van der Waals surface area contributed by atoms with Crippen LogP contribution >= 0.6 is 27.5 Å². The predicted octanol–water partition coefficient (Wildman–Crippen LogP) is 5.58. The Balaban J connectivity index is 2.56. The van der Waals surface area contributed by atoms with E-state index in [9.17, 15) is 0 Å². The molecule has 0 heterocycles. The zero-order chi connectivity index (χ0) is 13.7. The van der Waals surface area contributed by atoms with Crippen molar-refractivity contribution in [2.24, 2.45) is 5.92 Å². The zero-order valence-electron chi connectivity index (χ0n) is 11.6. The average molecular weight is 333 g/mol. The van der Waals surface area contributed by atoms with Gasteiger partial charge in [0, 0.05) is 21.6 Å². The molecule has 1 aromatic carbocycles. The molecule has 0 aliphatic carbocycles. The predicted molar refractivity (Wildman–Crippen MR) is 84.2 cm³/mol. The largest absolute Gasteiger partial charge is 0.308 e. The van der Waals surface area contributed by atoms with E-state index in [1.165, 1.54) is 12.8 Å². The first-order chi connectivity index (χ1) is 8.40. The lowest BCUT2D eigenvalue weighted by Gasteiger charge is -2.22. The van der Waals surface area contributed by atoms with Gasteiger partial charge in [0.15, 0.2) is 0 Å². The molecule has 102 valence electrons. The van der Waals surface area contributed by atoms with Gasteiger partial charge in [0.2, 0.25) is 0 Å². The molecule has 0 fully saturated rings. The van der Waals surface area contributed by atoms with Gasteiger partial charge in [-0.05, 0) is 50.3 Å². The van der Waals surface area contributed by atoms with E-state index < -0.39 is 0 Å². The maximum absolute atomic E-state index is 6.27. The van der Waals surface area contributed by atoms with E-state index in [1.807, 2.05) is 12.1 Å². The molecule has 1 N–H and O–H groups in total. The SMILES string of the molecule is CC(C)CCC(C)NC(C)c1ccc(Br)cc1Cl. The molecule has 2 atom stereocenters. The van der Waals surface area contributed by atoms with Crippen LogP contribution in [0.25, 0.3) is 0 Å². The second-order valence-corrected chi connectivity index (χ2v) is 6.75. The Morgan fingerprint density at radius 2 is 1.83 bits per heavy atom. The fraction of sp³-hybridized carbons (Fsp3) is 0.600. The van der Waals surface area contributed by atoms with Crippen molar-refractivity contribution >= 4 is 27.5 Å². The smallest absolute Gasteiger partial charge is 0.0464 e. The van der Waals surface area contributed by atoms with Crippen LogP contribution in [0.3, 0.4) is 0 Å². The highest BCUT2D eigenvalue weighted by atomic mass is 79.9. The molecule has 0 spiro atoms. The van der Waals surface area contributed by atoms with Crippen LogP contribution in [0.1, 0.15) is 52.1 Å². The lowest BCUT2D eigenvalue weighted by atomic mass is 10.0. The van der Waals surface area contributed by atoms with Gasteiger partial charge in [0.1, 0.15) is 0 Å². The summed E-state index contributed by atoms with van der Waals surface area (Å²) in [4.78, 5) is 0. The molecule has 0 aliphatic rings. The van der Waals surface area contributed by atoms with Crippen molar-refractivity contribution in [2.75, 3.05) is 0 Å². The van der Waals surface area contributed by atoms with Crippen LogP contribution in [0.2, 0.25) is 5.02 Å². The molecule has 18 heavy (non-hydrogen) atoms. The van der Waals surface area contributed by atoms with E-state index in [-0.39, 0.29) is 6.04 Å². The third-order valence-electron chi connectivity index (χ3n) is 3.14. The molecule has 1 rings (SSSR count). The van der Waals surface area contributed by atoms with Crippen LogP contribution in [0, 0.1) is 5.92 Å². The average Bonchev–Trinajstić information content (AvgIpc) is 2.26. The lowest BCUT2D eigenvalue weighted by molar-refractivity contribution is 0.417. The second kappa shape index (κ2) is 7.52. The number of hydrogen-bond donors (Lipinski definition) is 1. The number of nitrogens with one attached hydrogen (secondary N) is 1. The van der Waals surface area contributed by atoms with Crippen LogP contribution in [0.5, 0.6) is 0 Å². The molecule has 0 radical (unpaired) electrons. The lowest BCUT2D eigenvalue weighted by Crippen LogP contribution is -2.29. The summed E-state index contributed by atoms with van der Waals surface area (Å²) < 4.78 is 1.02. The monoisotopic (exact) mass is 331 g/mol. The van der Waals surface area contributed by atoms with Crippen molar-refractivity contribution in [1.29, 1.82) is 0 Å². The van der Waals surface area contributed by atoms with Crippen molar-refractivity contribution < 1.29 is 0 Å². The molecule has 0 bridgehead atoms. The second-order valence-electron chi connectivity index (χ2n) is 5.43. The van der Waals surface area contributed by atoms with Gasteiger partial charge >= 0.3 is 0 Å². The van der Waals surface area contributed by atoms with Crippen LogP contribution in [-0.4, -0.2) is 6.04 Å². The molecule has 0 aliphatic heterocycles. The summed E-state index contributed by atoms with van der Waals surface area (Å²) >= 11 is 9.70. The number of halogens is 2. The number of benzene rings is 1. The first-order valence-corrected chi connectivity index (χ1v) is 7.78. The first kappa shape index (κ1) is 16.0. The van der Waals surface area contributed by atoms with Crippen LogP contribution in [-0.2, 0) is 0 Å². The molecular weight excluding hydrogens is 310 g/mol. The Hall–Kier alpha value is -0.0500. The third kappa shape index (κ3) is 5.29. The van der Waals surface area contributed by atoms with Gasteiger partial charge in [-0.25, -0.2) is 0 Å². The zero-order valence-corrected chi connectivity index (χ0v) is 14.0. The summed E-state index contributed by atoms with van der Waals surface area (Å²) in [5.74, 6) is 0.765. The Kier molecular flexibility index (Phi) is 6.68. The van der Waals surface area contributed by atoms with E-state index in [0.29, 0.717) is 6.04 Å². The van der Waals surface area contributed by atoms with Gasteiger partial charge in [0.05, 0.1) is 0 Å². The summed E-state index contributed by atoms with van der Waals surface area (Å²) in [6, 6.07) is 6.88. The van der Waals surface area contributed by atoms with Crippen molar-refractivity contribution in [3.8, 4) is 0 Å². The highest BCUT2D eigenvalue weighted by Gasteiger charge is 2.12. The Labute approximate surface area is 124 Å². The van der Waals surface area contributed by atoms with Gasteiger partial charge in [0.25, 0.3) is 0 Å². The number of rotatable bonds is 6. The van der Waals surface area contributed by atoms with Gasteiger partial charge in [-0.1, -0.05) is 47.4 Å². The van der Waals surface area contributed by atoms with Crippen LogP contribution in [0.4, 0.5) is 0 Å². The van der Waals surface area contributed by atoms with E-state index in [2.05, 4.69) is 55.0 Å². The van der Waals surface area contributed by atoms with Gasteiger partial charge in [-0.2, -0.15) is 0 Å². The highest BCUT2D eigenvalue weighted by molar-refractivity contribution is 9.10. The normalized spacial score (nSPS) is 14.8. The summed E-state index contributed by atoms with van der Waals surface area (Å²) in [7, 11) is 0. The van der Waals surface area contributed by atoms with Gasteiger partial charge in [-0.15, -0.1) is 0 Å². The molecular formula is C15H23BrClN. The summed E-state index contributed by atoms with van der Waals surface area (Å²) in [6.07, 6.45) is 2.46. The Bertz CT molecular complexity index is 379. The van der Waals surface area contributed by atoms with E-state index >= 15 is 0 Å². The molecule has 3 heteroatoms. The van der Waals surface area contributed by atoms with E-state index in [1.54, 1.807) is 0 Å². The fourth-order valence-corrected chi connectivity index (χ4v) is 2.87. The van der Waals surface area contributed by atoms with Crippen LogP contribution in [0.15, 0.2) is 22.7 Å². The first-order valence-electron chi connectivity index (χ1n) is 6.61. The quantitative estimate of drug-likeness (QED) is 0.717. The molecule has 0 aromatic heterocycles. The maximum atomic E-state index is 6.27. The van der Waals surface area contributed by atoms with E-state index in [0.717, 1.165) is 21.0 Å². The highest BCUT2D eigenvalue weighted by Crippen LogP contribution is 2.26. The molecule has 0 saturated carbocycles. The summed E-state index contributed by atoms with van der Waals surface area (Å²) in [5.41, 5.74) is 1.16. The standard InChI is InChI=1S/C15H23BrClN/c1-10(2)5-6-11(3)18-12(4)14-8-7-13(16)9-15(14)17/h7-12,18H,5-6H2,1-4H3.